The van der Waals surface area contributed by atoms with Crippen molar-refractivity contribution in [2.75, 3.05) is 26.2 Å². The molecule has 2 rings (SSSR count). The first-order chi connectivity index (χ1) is 12.5. The highest BCUT2D eigenvalue weighted by Crippen LogP contribution is 2.30. The molecule has 1 heterocycles. The second-order valence-corrected chi connectivity index (χ2v) is 8.21. The highest BCUT2D eigenvalue weighted by Gasteiger charge is 2.35. The average Bonchev–Trinajstić information content (AvgIpc) is 2.60. The standard InChI is InChI=1S/C18H23Cl2FN2O4/c1-10-13(19)7-12(15(21)14(10)20)16(25)23-6-5-22(8-11(23)9-24)17(26)27-18(2,3)4/h7,11,24H,5-6,8-9H2,1-4H3. The Morgan fingerprint density at radius 2 is 1.96 bits per heavy atom. The number of carbonyl (C=O) groups excluding carboxylic acids is 2. The number of rotatable bonds is 2. The molecular formula is C18H23Cl2FN2O4. The smallest absolute Gasteiger partial charge is 0.410 e. The van der Waals surface area contributed by atoms with Crippen molar-refractivity contribution in [1.82, 2.24) is 9.80 Å². The lowest BCUT2D eigenvalue weighted by atomic mass is 10.1. The topological polar surface area (TPSA) is 70.1 Å². The lowest BCUT2D eigenvalue weighted by Crippen LogP contribution is -2.58. The summed E-state index contributed by atoms with van der Waals surface area (Å²) in [6.45, 7) is 6.81. The normalized spacial score (nSPS) is 17.9. The van der Waals surface area contributed by atoms with Crippen LogP contribution < -0.4 is 0 Å². The molecule has 1 saturated heterocycles. The molecule has 0 spiro atoms. The SMILES string of the molecule is Cc1c(Cl)cc(C(=O)N2CCN(C(=O)OC(C)(C)C)CC2CO)c(F)c1Cl. The van der Waals surface area contributed by atoms with Crippen molar-refractivity contribution < 1.29 is 23.8 Å². The Morgan fingerprint density at radius 3 is 2.52 bits per heavy atom. The number of hydrogen-bond donors (Lipinski definition) is 1. The van der Waals surface area contributed by atoms with Crippen LogP contribution in [0, 0.1) is 12.7 Å². The first kappa shape index (κ1) is 21.7. The van der Waals surface area contributed by atoms with Crippen LogP contribution in [0.5, 0.6) is 0 Å². The fourth-order valence-electron chi connectivity index (χ4n) is 2.77. The van der Waals surface area contributed by atoms with Crippen molar-refractivity contribution in [1.29, 1.82) is 0 Å². The minimum Gasteiger partial charge on any atom is -0.444 e. The van der Waals surface area contributed by atoms with Gasteiger partial charge in [0.05, 0.1) is 23.2 Å². The van der Waals surface area contributed by atoms with Crippen LogP contribution in [0.4, 0.5) is 9.18 Å². The first-order valence-electron chi connectivity index (χ1n) is 8.50. The quantitative estimate of drug-likeness (QED) is 0.743. The summed E-state index contributed by atoms with van der Waals surface area (Å²) in [4.78, 5) is 27.8. The molecule has 1 aliphatic heterocycles. The monoisotopic (exact) mass is 420 g/mol. The zero-order chi connectivity index (χ0) is 20.5. The molecule has 0 saturated carbocycles. The molecule has 1 N–H and O–H groups in total. The molecule has 0 aromatic heterocycles. The maximum atomic E-state index is 14.5. The van der Waals surface area contributed by atoms with Crippen LogP contribution in [0.25, 0.3) is 0 Å². The Bertz CT molecular complexity index is 752. The molecule has 1 fully saturated rings. The van der Waals surface area contributed by atoms with Crippen molar-refractivity contribution >= 4 is 35.2 Å². The number of amides is 2. The van der Waals surface area contributed by atoms with Crippen LogP contribution in [0.15, 0.2) is 6.07 Å². The lowest BCUT2D eigenvalue weighted by Gasteiger charge is -2.41. The maximum Gasteiger partial charge on any atom is 0.410 e. The van der Waals surface area contributed by atoms with E-state index in [1.165, 1.54) is 15.9 Å². The van der Waals surface area contributed by atoms with Crippen LogP contribution in [0.1, 0.15) is 36.7 Å². The number of piperazine rings is 1. The van der Waals surface area contributed by atoms with Gasteiger partial charge < -0.3 is 19.6 Å². The molecule has 0 radical (unpaired) electrons. The molecule has 1 aliphatic rings. The Morgan fingerprint density at radius 1 is 1.33 bits per heavy atom. The summed E-state index contributed by atoms with van der Waals surface area (Å²) in [5.74, 6) is -1.49. The van der Waals surface area contributed by atoms with Crippen molar-refractivity contribution in [2.45, 2.75) is 39.3 Å². The number of halogens is 3. The molecule has 27 heavy (non-hydrogen) atoms. The average molecular weight is 421 g/mol. The van der Waals surface area contributed by atoms with E-state index in [1.807, 2.05) is 0 Å². The third kappa shape index (κ3) is 4.83. The number of ether oxygens (including phenoxy) is 1. The second-order valence-electron chi connectivity index (χ2n) is 7.42. The Hall–Kier alpha value is -1.57. The van der Waals surface area contributed by atoms with Crippen LogP contribution in [0.3, 0.4) is 0 Å². The van der Waals surface area contributed by atoms with E-state index < -0.39 is 29.5 Å². The Kier molecular flexibility index (Phi) is 6.60. The van der Waals surface area contributed by atoms with E-state index in [9.17, 15) is 19.1 Å². The fraction of sp³-hybridized carbons (Fsp3) is 0.556. The van der Waals surface area contributed by atoms with Gasteiger partial charge >= 0.3 is 6.09 Å². The van der Waals surface area contributed by atoms with Gasteiger partial charge in [-0.3, -0.25) is 4.79 Å². The summed E-state index contributed by atoms with van der Waals surface area (Å²) in [6, 6.07) is 0.534. The summed E-state index contributed by atoms with van der Waals surface area (Å²) in [5, 5.41) is 9.66. The Balaban J connectivity index is 2.21. The highest BCUT2D eigenvalue weighted by molar-refractivity contribution is 6.36. The highest BCUT2D eigenvalue weighted by atomic mass is 35.5. The van der Waals surface area contributed by atoms with E-state index in [4.69, 9.17) is 27.9 Å². The summed E-state index contributed by atoms with van der Waals surface area (Å²) in [5.41, 5.74) is -0.572. The predicted molar refractivity (Wildman–Crippen MR) is 101 cm³/mol. The minimum atomic E-state index is -0.852. The molecule has 0 bridgehead atoms. The first-order valence-corrected chi connectivity index (χ1v) is 9.25. The van der Waals surface area contributed by atoms with E-state index in [0.29, 0.717) is 5.56 Å². The van der Waals surface area contributed by atoms with E-state index in [2.05, 4.69) is 0 Å². The number of aliphatic hydroxyl groups is 1. The van der Waals surface area contributed by atoms with Crippen molar-refractivity contribution in [3.63, 3.8) is 0 Å². The summed E-state index contributed by atoms with van der Waals surface area (Å²) < 4.78 is 19.8. The van der Waals surface area contributed by atoms with Crippen LogP contribution in [-0.2, 0) is 4.74 Å². The Labute approximate surface area is 167 Å². The van der Waals surface area contributed by atoms with Crippen LogP contribution in [0.2, 0.25) is 10.0 Å². The van der Waals surface area contributed by atoms with Crippen LogP contribution >= 0.6 is 23.2 Å². The molecule has 6 nitrogen and oxygen atoms in total. The number of nitrogens with zero attached hydrogens (tertiary/aromatic N) is 2. The molecule has 150 valence electrons. The van der Waals surface area contributed by atoms with E-state index in [-0.39, 0.29) is 41.8 Å². The predicted octanol–water partition coefficient (Wildman–Crippen LogP) is 3.49. The van der Waals surface area contributed by atoms with E-state index >= 15 is 0 Å². The summed E-state index contributed by atoms with van der Waals surface area (Å²) >= 11 is 11.9. The lowest BCUT2D eigenvalue weighted by molar-refractivity contribution is -0.00255. The van der Waals surface area contributed by atoms with Gasteiger partial charge in [0.2, 0.25) is 0 Å². The van der Waals surface area contributed by atoms with Gasteiger partial charge in [-0.25, -0.2) is 9.18 Å². The van der Waals surface area contributed by atoms with Gasteiger partial charge in [-0.1, -0.05) is 23.2 Å². The molecule has 1 atom stereocenters. The van der Waals surface area contributed by atoms with Crippen molar-refractivity contribution in [3.8, 4) is 0 Å². The van der Waals surface area contributed by atoms with E-state index in [1.54, 1.807) is 27.7 Å². The fourth-order valence-corrected chi connectivity index (χ4v) is 3.22. The minimum absolute atomic E-state index is 0.0755. The molecule has 0 aliphatic carbocycles. The second kappa shape index (κ2) is 8.20. The van der Waals surface area contributed by atoms with E-state index in [0.717, 1.165) is 0 Å². The maximum absolute atomic E-state index is 14.5. The van der Waals surface area contributed by atoms with Crippen LogP contribution in [-0.4, -0.2) is 64.8 Å². The van der Waals surface area contributed by atoms with Crippen molar-refractivity contribution in [3.05, 3.63) is 33.1 Å². The molecular weight excluding hydrogens is 398 g/mol. The number of aliphatic hydroxyl groups excluding tert-OH is 1. The molecule has 1 aromatic carbocycles. The third-order valence-electron chi connectivity index (χ3n) is 4.22. The zero-order valence-electron chi connectivity index (χ0n) is 15.7. The van der Waals surface area contributed by atoms with Gasteiger partial charge in [0.15, 0.2) is 5.82 Å². The van der Waals surface area contributed by atoms with Crippen molar-refractivity contribution in [2.24, 2.45) is 0 Å². The molecule has 9 heteroatoms. The molecule has 2 amide bonds. The zero-order valence-corrected chi connectivity index (χ0v) is 17.2. The molecule has 1 unspecified atom stereocenters. The molecule has 1 aromatic rings. The summed E-state index contributed by atoms with van der Waals surface area (Å²) in [7, 11) is 0. The van der Waals surface area contributed by atoms with Gasteiger partial charge in [-0.2, -0.15) is 0 Å². The van der Waals surface area contributed by atoms with Gasteiger partial charge in [0.1, 0.15) is 5.60 Å². The largest absolute Gasteiger partial charge is 0.444 e. The van der Waals surface area contributed by atoms with Gasteiger partial charge in [0.25, 0.3) is 5.91 Å². The third-order valence-corrected chi connectivity index (χ3v) is 5.07. The summed E-state index contributed by atoms with van der Waals surface area (Å²) in [6.07, 6.45) is -0.527. The number of hydrogen-bond acceptors (Lipinski definition) is 4. The number of carbonyl (C=O) groups is 2. The number of benzene rings is 1. The van der Waals surface area contributed by atoms with Gasteiger partial charge in [0, 0.05) is 24.7 Å². The van der Waals surface area contributed by atoms with Gasteiger partial charge in [-0.05, 0) is 39.3 Å². The van der Waals surface area contributed by atoms with Gasteiger partial charge in [-0.15, -0.1) is 0 Å².